The molecule has 0 bridgehead atoms. The summed E-state index contributed by atoms with van der Waals surface area (Å²) in [5.41, 5.74) is 15.6. The molecule has 0 fully saturated rings. The second-order valence-electron chi connectivity index (χ2n) is 9.17. The molecule has 0 radical (unpaired) electrons. The van der Waals surface area contributed by atoms with Crippen molar-refractivity contribution < 1.29 is 27.5 Å². The number of urea groups is 1. The number of nitrogens with one attached hydrogen (secondary N) is 2. The number of nitrogens with two attached hydrogens (primary N) is 1. The standard InChI is InChI=1S/C29H27F3N6O3/c30-29(31,32)41-25-9-5-4-8-24(25)35-28(40)38(23-16-14-21(15-17-23)20-6-2-1-3-7-20)18-19-10-12-22(13-11-19)26(39)36-27(33)37-34/h4-6,8-17,34H,1-3,7,18H2,(H,35,40)(H2,33,36,39). The number of guanidine groups is 1. The van der Waals surface area contributed by atoms with Crippen LogP contribution in [-0.2, 0) is 6.54 Å². The second kappa shape index (κ2) is 12.9. The van der Waals surface area contributed by atoms with Crippen LogP contribution in [0.25, 0.3) is 5.57 Å². The summed E-state index contributed by atoms with van der Waals surface area (Å²) >= 11 is 0. The van der Waals surface area contributed by atoms with E-state index >= 15 is 0 Å². The fourth-order valence-corrected chi connectivity index (χ4v) is 4.33. The van der Waals surface area contributed by atoms with E-state index in [-0.39, 0.29) is 17.8 Å². The van der Waals surface area contributed by atoms with Crippen molar-refractivity contribution >= 4 is 34.8 Å². The Morgan fingerprint density at radius 3 is 2.34 bits per heavy atom. The van der Waals surface area contributed by atoms with Crippen molar-refractivity contribution in [3.8, 4) is 5.75 Å². The van der Waals surface area contributed by atoms with E-state index in [0.29, 0.717) is 11.3 Å². The average molecular weight is 565 g/mol. The first-order valence-corrected chi connectivity index (χ1v) is 12.7. The zero-order chi connectivity index (χ0) is 29.4. The maximum Gasteiger partial charge on any atom is 0.573 e. The Morgan fingerprint density at radius 1 is 1.00 bits per heavy atom. The lowest BCUT2D eigenvalue weighted by Crippen LogP contribution is -2.34. The minimum atomic E-state index is -4.94. The van der Waals surface area contributed by atoms with Gasteiger partial charge < -0.3 is 15.8 Å². The molecule has 1 aliphatic rings. The van der Waals surface area contributed by atoms with E-state index < -0.39 is 30.0 Å². The predicted octanol–water partition coefficient (Wildman–Crippen LogP) is 7.27. The summed E-state index contributed by atoms with van der Waals surface area (Å²) in [6.45, 7) is 0.0259. The number of aliphatic imine (C=N–C) groups is 1. The molecule has 212 valence electrons. The first-order chi connectivity index (χ1) is 19.6. The van der Waals surface area contributed by atoms with Crippen LogP contribution in [0.5, 0.6) is 5.75 Å². The van der Waals surface area contributed by atoms with Gasteiger partial charge in [0.1, 0.15) is 0 Å². The lowest BCUT2D eigenvalue weighted by atomic mass is 9.93. The third-order valence-corrected chi connectivity index (χ3v) is 6.31. The zero-order valence-electron chi connectivity index (χ0n) is 21.8. The minimum absolute atomic E-state index is 0.0259. The zero-order valence-corrected chi connectivity index (χ0v) is 21.8. The molecule has 0 saturated heterocycles. The number of halogens is 3. The van der Waals surface area contributed by atoms with Crippen LogP contribution in [-0.4, -0.2) is 24.3 Å². The van der Waals surface area contributed by atoms with Gasteiger partial charge in [0, 0.05) is 11.3 Å². The Morgan fingerprint density at radius 2 is 1.71 bits per heavy atom. The van der Waals surface area contributed by atoms with Gasteiger partial charge in [-0.1, -0.05) is 42.5 Å². The fourth-order valence-electron chi connectivity index (χ4n) is 4.33. The smallest absolute Gasteiger partial charge is 0.404 e. The van der Waals surface area contributed by atoms with Gasteiger partial charge in [0.15, 0.2) is 5.75 Å². The number of allylic oxidation sites excluding steroid dienone is 2. The molecular weight excluding hydrogens is 537 g/mol. The molecule has 0 unspecified atom stereocenters. The summed E-state index contributed by atoms with van der Waals surface area (Å²) in [7, 11) is 0. The predicted molar refractivity (Wildman–Crippen MR) is 149 cm³/mol. The molecule has 3 amide bonds. The Hall–Kier alpha value is -5.00. The molecule has 3 aromatic carbocycles. The largest absolute Gasteiger partial charge is 0.573 e. The lowest BCUT2D eigenvalue weighted by Gasteiger charge is -2.25. The number of carbonyl (C=O) groups is 2. The van der Waals surface area contributed by atoms with Gasteiger partial charge in [0.25, 0.3) is 5.91 Å². The number of rotatable bonds is 7. The van der Waals surface area contributed by atoms with Gasteiger partial charge in [-0.15, -0.1) is 18.3 Å². The van der Waals surface area contributed by atoms with Crippen LogP contribution in [0.15, 0.2) is 89.0 Å². The quantitative estimate of drug-likeness (QED) is 0.158. The topological polar surface area (TPSA) is 133 Å². The highest BCUT2D eigenvalue weighted by Crippen LogP contribution is 2.32. The van der Waals surface area contributed by atoms with Crippen molar-refractivity contribution in [1.82, 2.24) is 0 Å². The number of carbonyl (C=O) groups excluding carboxylic acids is 2. The van der Waals surface area contributed by atoms with Gasteiger partial charge in [-0.3, -0.25) is 9.69 Å². The van der Waals surface area contributed by atoms with Crippen LogP contribution in [0.3, 0.4) is 0 Å². The average Bonchev–Trinajstić information content (AvgIpc) is 2.97. The maximum absolute atomic E-state index is 13.5. The minimum Gasteiger partial charge on any atom is -0.404 e. The van der Waals surface area contributed by atoms with E-state index in [0.717, 1.165) is 37.3 Å². The molecule has 0 aromatic heterocycles. The summed E-state index contributed by atoms with van der Waals surface area (Å²) in [6.07, 6.45) is 1.51. The third-order valence-electron chi connectivity index (χ3n) is 6.31. The Kier molecular flexibility index (Phi) is 9.12. The van der Waals surface area contributed by atoms with Crippen LogP contribution in [0.1, 0.15) is 47.2 Å². The van der Waals surface area contributed by atoms with E-state index in [2.05, 4.69) is 26.2 Å². The summed E-state index contributed by atoms with van der Waals surface area (Å²) in [6, 6.07) is 18.2. The number of hydrogen-bond acceptors (Lipinski definition) is 4. The van der Waals surface area contributed by atoms with Gasteiger partial charge in [-0.2, -0.15) is 4.99 Å². The molecule has 4 N–H and O–H groups in total. The number of ether oxygens (including phenoxy) is 1. The Labute approximate surface area is 234 Å². The molecular formula is C29H27F3N6O3. The van der Waals surface area contributed by atoms with Crippen molar-refractivity contribution in [2.24, 2.45) is 15.8 Å². The number of alkyl halides is 3. The van der Waals surface area contributed by atoms with E-state index in [1.54, 1.807) is 24.3 Å². The number of hydrogen-bond donors (Lipinski definition) is 3. The van der Waals surface area contributed by atoms with Gasteiger partial charge in [-0.05, 0) is 78.8 Å². The molecule has 12 heteroatoms. The number of benzene rings is 3. The fraction of sp³-hybridized carbons (Fsp3) is 0.207. The van der Waals surface area contributed by atoms with E-state index in [1.165, 1.54) is 40.8 Å². The van der Waals surface area contributed by atoms with Crippen molar-refractivity contribution in [2.75, 3.05) is 10.2 Å². The number of para-hydroxylation sites is 2. The van der Waals surface area contributed by atoms with E-state index in [1.807, 2.05) is 12.1 Å². The first kappa shape index (κ1) is 29.0. The normalized spacial score (nSPS) is 13.6. The molecule has 0 heterocycles. The number of anilines is 2. The maximum atomic E-state index is 13.5. The molecule has 0 aliphatic heterocycles. The molecule has 4 rings (SSSR count). The Balaban J connectivity index is 1.62. The molecule has 0 spiro atoms. The lowest BCUT2D eigenvalue weighted by molar-refractivity contribution is -0.274. The second-order valence-corrected chi connectivity index (χ2v) is 9.17. The first-order valence-electron chi connectivity index (χ1n) is 12.7. The number of amides is 3. The summed E-state index contributed by atoms with van der Waals surface area (Å²) in [5.74, 6) is -1.72. The van der Waals surface area contributed by atoms with Crippen molar-refractivity contribution in [1.29, 1.82) is 5.53 Å². The van der Waals surface area contributed by atoms with Crippen molar-refractivity contribution in [3.05, 3.63) is 95.6 Å². The summed E-state index contributed by atoms with van der Waals surface area (Å²) in [4.78, 5) is 30.6. The molecule has 1 aliphatic carbocycles. The van der Waals surface area contributed by atoms with Crippen molar-refractivity contribution in [2.45, 2.75) is 38.6 Å². The molecule has 0 saturated carbocycles. The molecule has 41 heavy (non-hydrogen) atoms. The third kappa shape index (κ3) is 8.01. The molecule has 0 atom stereocenters. The molecule has 9 nitrogen and oxygen atoms in total. The summed E-state index contributed by atoms with van der Waals surface area (Å²) < 4.78 is 42.9. The van der Waals surface area contributed by atoms with Crippen molar-refractivity contribution in [3.63, 3.8) is 0 Å². The van der Waals surface area contributed by atoms with Gasteiger partial charge in [-0.25, -0.2) is 10.3 Å². The Bertz CT molecular complexity index is 1470. The van der Waals surface area contributed by atoms with Crippen LogP contribution in [0.4, 0.5) is 29.3 Å². The van der Waals surface area contributed by atoms with Crippen LogP contribution in [0, 0.1) is 5.53 Å². The summed E-state index contributed by atoms with van der Waals surface area (Å²) in [5, 5.41) is 5.42. The highest BCUT2D eigenvalue weighted by atomic mass is 19.4. The monoisotopic (exact) mass is 564 g/mol. The molecule has 3 aromatic rings. The highest BCUT2D eigenvalue weighted by molar-refractivity contribution is 6.03. The van der Waals surface area contributed by atoms with E-state index in [9.17, 15) is 22.8 Å². The number of nitrogens with zero attached hydrogens (tertiary/aromatic N) is 3. The SMILES string of the molecule is N=NC(N)=NC(=O)c1ccc(CN(C(=O)Nc2ccccc2OC(F)(F)F)c2ccc(C3=CCCCC3)cc2)cc1. The van der Waals surface area contributed by atoms with E-state index in [4.69, 9.17) is 11.3 Å². The van der Waals surface area contributed by atoms with Gasteiger partial charge in [0.2, 0.25) is 5.96 Å². The van der Waals surface area contributed by atoms with Crippen LogP contribution < -0.4 is 20.7 Å². The van der Waals surface area contributed by atoms with Gasteiger partial charge in [0.05, 0.1) is 12.2 Å². The highest BCUT2D eigenvalue weighted by Gasteiger charge is 2.32. The van der Waals surface area contributed by atoms with Crippen LogP contribution >= 0.6 is 0 Å². The van der Waals surface area contributed by atoms with Gasteiger partial charge >= 0.3 is 12.4 Å². The van der Waals surface area contributed by atoms with Crippen LogP contribution in [0.2, 0.25) is 0 Å².